The number of carbonyl (C=O) groups is 1. The number of carbonyl (C=O) groups excluding carboxylic acids is 1. The van der Waals surface area contributed by atoms with Gasteiger partial charge in [-0.25, -0.2) is 14.6 Å². The molecule has 5 aromatic rings. The van der Waals surface area contributed by atoms with Crippen molar-refractivity contribution in [1.82, 2.24) is 29.5 Å². The van der Waals surface area contributed by atoms with Gasteiger partial charge < -0.3 is 5.32 Å². The SMILES string of the molecule is CC[C@@H](C(=O)Nc1cc(C)nn1-c1ncnc2c1cnn2-c1ccc(C)cc1C)c1ccccc1. The Hall–Kier alpha value is -4.33. The van der Waals surface area contributed by atoms with Crippen LogP contribution >= 0.6 is 0 Å². The smallest absolute Gasteiger partial charge is 0.233 e. The normalized spacial score (nSPS) is 12.1. The Balaban J connectivity index is 1.54. The van der Waals surface area contributed by atoms with Gasteiger partial charge in [0.05, 0.1) is 28.9 Å². The zero-order valence-corrected chi connectivity index (χ0v) is 20.2. The lowest BCUT2D eigenvalue weighted by atomic mass is 9.96. The molecule has 1 atom stereocenters. The molecule has 0 unspecified atom stereocenters. The van der Waals surface area contributed by atoms with Crippen molar-refractivity contribution in [3.8, 4) is 11.5 Å². The fourth-order valence-electron chi connectivity index (χ4n) is 4.44. The first kappa shape index (κ1) is 22.5. The predicted molar refractivity (Wildman–Crippen MR) is 136 cm³/mol. The van der Waals surface area contributed by atoms with E-state index in [0.29, 0.717) is 23.7 Å². The number of aryl methyl sites for hydroxylation is 3. The van der Waals surface area contributed by atoms with E-state index in [-0.39, 0.29) is 11.8 Å². The molecule has 0 saturated carbocycles. The average molecular weight is 466 g/mol. The molecule has 5 rings (SSSR count). The number of hydrogen-bond acceptors (Lipinski definition) is 5. The molecule has 0 aliphatic rings. The maximum atomic E-state index is 13.3. The summed E-state index contributed by atoms with van der Waals surface area (Å²) in [6, 6.07) is 17.9. The molecule has 0 bridgehead atoms. The standard InChI is InChI=1S/C27H27N7O/c1-5-21(20-9-7-6-8-10-20)27(35)31-24-14-19(4)32-34(24)26-22-15-30-33(25(22)28-16-29-26)23-12-11-17(2)13-18(23)3/h6-16,21H,5H2,1-4H3,(H,31,35)/t21-/m1/s1. The Kier molecular flexibility index (Phi) is 5.86. The third-order valence-corrected chi connectivity index (χ3v) is 6.14. The van der Waals surface area contributed by atoms with Crippen molar-refractivity contribution in [2.24, 2.45) is 0 Å². The van der Waals surface area contributed by atoms with E-state index < -0.39 is 0 Å². The minimum Gasteiger partial charge on any atom is -0.310 e. The first-order valence-corrected chi connectivity index (χ1v) is 11.7. The number of rotatable bonds is 6. The van der Waals surface area contributed by atoms with Gasteiger partial charge in [-0.1, -0.05) is 55.0 Å². The van der Waals surface area contributed by atoms with Gasteiger partial charge in [-0.05, 0) is 44.4 Å². The van der Waals surface area contributed by atoms with Crippen LogP contribution in [-0.2, 0) is 4.79 Å². The Morgan fingerprint density at radius 3 is 2.54 bits per heavy atom. The molecule has 1 amide bonds. The molecule has 8 heteroatoms. The van der Waals surface area contributed by atoms with Gasteiger partial charge in [-0.2, -0.15) is 14.9 Å². The summed E-state index contributed by atoms with van der Waals surface area (Å²) in [6.07, 6.45) is 3.93. The molecule has 35 heavy (non-hydrogen) atoms. The molecule has 0 radical (unpaired) electrons. The monoisotopic (exact) mass is 465 g/mol. The highest BCUT2D eigenvalue weighted by molar-refractivity contribution is 5.96. The number of nitrogens with zero attached hydrogens (tertiary/aromatic N) is 6. The van der Waals surface area contributed by atoms with Crippen LogP contribution in [0.2, 0.25) is 0 Å². The van der Waals surface area contributed by atoms with Gasteiger partial charge >= 0.3 is 0 Å². The third kappa shape index (κ3) is 4.19. The lowest BCUT2D eigenvalue weighted by Crippen LogP contribution is -2.22. The largest absolute Gasteiger partial charge is 0.310 e. The summed E-state index contributed by atoms with van der Waals surface area (Å²) in [5.74, 6) is 0.761. The number of nitrogens with one attached hydrogen (secondary N) is 1. The highest BCUT2D eigenvalue weighted by Crippen LogP contribution is 2.27. The zero-order valence-electron chi connectivity index (χ0n) is 20.2. The second-order valence-corrected chi connectivity index (χ2v) is 8.72. The van der Waals surface area contributed by atoms with Crippen LogP contribution in [0.1, 0.15) is 41.6 Å². The van der Waals surface area contributed by atoms with Crippen LogP contribution in [0.5, 0.6) is 0 Å². The summed E-state index contributed by atoms with van der Waals surface area (Å²) >= 11 is 0. The summed E-state index contributed by atoms with van der Waals surface area (Å²) in [6.45, 7) is 8.02. The van der Waals surface area contributed by atoms with Crippen LogP contribution in [0.25, 0.3) is 22.5 Å². The molecule has 3 aromatic heterocycles. The van der Waals surface area contributed by atoms with Crippen molar-refractivity contribution in [2.45, 2.75) is 40.0 Å². The van der Waals surface area contributed by atoms with Crippen molar-refractivity contribution >= 4 is 22.8 Å². The van der Waals surface area contributed by atoms with Crippen molar-refractivity contribution in [2.75, 3.05) is 5.32 Å². The maximum absolute atomic E-state index is 13.3. The summed E-state index contributed by atoms with van der Waals surface area (Å²) < 4.78 is 3.47. The lowest BCUT2D eigenvalue weighted by Gasteiger charge is -2.16. The number of fused-ring (bicyclic) bond motifs is 1. The first-order valence-electron chi connectivity index (χ1n) is 11.7. The van der Waals surface area contributed by atoms with E-state index in [1.54, 1.807) is 10.9 Å². The summed E-state index contributed by atoms with van der Waals surface area (Å²) in [5.41, 5.74) is 5.66. The number of anilines is 1. The first-order chi connectivity index (χ1) is 17.0. The molecule has 2 aromatic carbocycles. The van der Waals surface area contributed by atoms with Crippen molar-refractivity contribution in [3.05, 3.63) is 89.5 Å². The number of amides is 1. The molecule has 8 nitrogen and oxygen atoms in total. The van der Waals surface area contributed by atoms with Crippen LogP contribution in [0.4, 0.5) is 5.82 Å². The summed E-state index contributed by atoms with van der Waals surface area (Å²) in [5, 5.41) is 13.0. The molecular weight excluding hydrogens is 438 g/mol. The fraction of sp³-hybridized carbons (Fsp3) is 0.222. The van der Waals surface area contributed by atoms with E-state index in [0.717, 1.165) is 27.9 Å². The minimum absolute atomic E-state index is 0.0869. The van der Waals surface area contributed by atoms with Crippen LogP contribution in [0.3, 0.4) is 0 Å². The Morgan fingerprint density at radius 1 is 1.00 bits per heavy atom. The van der Waals surface area contributed by atoms with Crippen LogP contribution in [0.15, 0.2) is 67.1 Å². The van der Waals surface area contributed by atoms with E-state index in [2.05, 4.69) is 51.5 Å². The van der Waals surface area contributed by atoms with Crippen molar-refractivity contribution in [3.63, 3.8) is 0 Å². The molecular formula is C27H27N7O. The number of hydrogen-bond donors (Lipinski definition) is 1. The molecule has 1 N–H and O–H groups in total. The van der Waals surface area contributed by atoms with E-state index in [1.165, 1.54) is 11.9 Å². The molecule has 3 heterocycles. The third-order valence-electron chi connectivity index (χ3n) is 6.14. The molecule has 176 valence electrons. The van der Waals surface area contributed by atoms with E-state index >= 15 is 0 Å². The van der Waals surface area contributed by atoms with E-state index in [9.17, 15) is 4.79 Å². The highest BCUT2D eigenvalue weighted by atomic mass is 16.2. The molecule has 0 fully saturated rings. The van der Waals surface area contributed by atoms with Crippen molar-refractivity contribution in [1.29, 1.82) is 0 Å². The van der Waals surface area contributed by atoms with E-state index in [1.807, 2.05) is 61.0 Å². The van der Waals surface area contributed by atoms with Gasteiger partial charge in [0.1, 0.15) is 12.1 Å². The maximum Gasteiger partial charge on any atom is 0.233 e. The summed E-state index contributed by atoms with van der Waals surface area (Å²) in [4.78, 5) is 22.3. The quantitative estimate of drug-likeness (QED) is 0.379. The van der Waals surface area contributed by atoms with Gasteiger partial charge in [-0.3, -0.25) is 4.79 Å². The molecule has 0 aliphatic heterocycles. The average Bonchev–Trinajstić information content (AvgIpc) is 3.43. The number of benzene rings is 2. The topological polar surface area (TPSA) is 90.5 Å². The molecule has 0 aliphatic carbocycles. The summed E-state index contributed by atoms with van der Waals surface area (Å²) in [7, 11) is 0. The zero-order chi connectivity index (χ0) is 24.5. The van der Waals surface area contributed by atoms with Crippen LogP contribution < -0.4 is 5.32 Å². The number of aromatic nitrogens is 6. The Morgan fingerprint density at radius 2 is 1.80 bits per heavy atom. The van der Waals surface area contributed by atoms with Crippen molar-refractivity contribution < 1.29 is 4.79 Å². The van der Waals surface area contributed by atoms with Gasteiger partial charge in [0.15, 0.2) is 11.5 Å². The van der Waals surface area contributed by atoms with Crippen LogP contribution in [-0.4, -0.2) is 35.4 Å². The lowest BCUT2D eigenvalue weighted by molar-refractivity contribution is -0.117. The van der Waals surface area contributed by atoms with E-state index in [4.69, 9.17) is 0 Å². The van der Waals surface area contributed by atoms with Gasteiger partial charge in [-0.15, -0.1) is 0 Å². The predicted octanol–water partition coefficient (Wildman–Crippen LogP) is 5.06. The highest BCUT2D eigenvalue weighted by Gasteiger charge is 2.22. The van der Waals surface area contributed by atoms with Crippen LogP contribution in [0, 0.1) is 20.8 Å². The van der Waals surface area contributed by atoms with Gasteiger partial charge in [0.25, 0.3) is 0 Å². The Bertz CT molecular complexity index is 1520. The molecule has 0 spiro atoms. The Labute approximate surface area is 203 Å². The van der Waals surface area contributed by atoms with Gasteiger partial charge in [0.2, 0.25) is 5.91 Å². The minimum atomic E-state index is -0.266. The molecule has 0 saturated heterocycles. The second-order valence-electron chi connectivity index (χ2n) is 8.72. The van der Waals surface area contributed by atoms with Gasteiger partial charge in [0, 0.05) is 6.07 Å². The fourth-order valence-corrected chi connectivity index (χ4v) is 4.44. The second kappa shape index (κ2) is 9.13.